The molecule has 8 heteroatoms. The van der Waals surface area contributed by atoms with Crippen LogP contribution in [0.4, 0.5) is 22.0 Å². The SMILES string of the molecule is Cc1cc(NC(=O)Nc2cc(C3C4C(C(=O)O)C34)ccc2N(CC(C)C)C2CCCCC2)no1. The van der Waals surface area contributed by atoms with E-state index in [4.69, 9.17) is 4.52 Å². The molecule has 182 valence electrons. The maximum Gasteiger partial charge on any atom is 0.325 e. The molecule has 0 bridgehead atoms. The van der Waals surface area contributed by atoms with Gasteiger partial charge in [0.05, 0.1) is 17.3 Å². The lowest BCUT2D eigenvalue weighted by molar-refractivity contribution is -0.140. The molecular formula is C26H34N4O4. The molecule has 0 saturated heterocycles. The minimum Gasteiger partial charge on any atom is -0.481 e. The Bertz CT molecular complexity index is 1060. The predicted molar refractivity (Wildman–Crippen MR) is 130 cm³/mol. The highest BCUT2D eigenvalue weighted by Crippen LogP contribution is 2.77. The zero-order valence-corrected chi connectivity index (χ0v) is 20.1. The van der Waals surface area contributed by atoms with Gasteiger partial charge in [-0.25, -0.2) is 4.79 Å². The van der Waals surface area contributed by atoms with Crippen LogP contribution in [0, 0.1) is 30.6 Å². The van der Waals surface area contributed by atoms with E-state index in [2.05, 4.69) is 52.7 Å². The summed E-state index contributed by atoms with van der Waals surface area (Å²) < 4.78 is 5.06. The van der Waals surface area contributed by atoms with Crippen molar-refractivity contribution in [3.63, 3.8) is 0 Å². The van der Waals surface area contributed by atoms with Gasteiger partial charge in [-0.15, -0.1) is 0 Å². The van der Waals surface area contributed by atoms with Crippen LogP contribution in [0.1, 0.15) is 63.2 Å². The first-order chi connectivity index (χ1) is 16.3. The summed E-state index contributed by atoms with van der Waals surface area (Å²) in [5, 5.41) is 19.0. The molecular weight excluding hydrogens is 432 g/mol. The zero-order valence-electron chi connectivity index (χ0n) is 20.1. The van der Waals surface area contributed by atoms with Gasteiger partial charge in [0.15, 0.2) is 5.82 Å². The molecule has 2 atom stereocenters. The van der Waals surface area contributed by atoms with Crippen LogP contribution in [0.5, 0.6) is 0 Å². The standard InChI is InChI=1S/C26H34N4O4/c1-14(2)13-30(17-7-5-4-6-8-17)19-10-9-16(21-22-23(21)24(22)25(31)32)12-18(19)27-26(33)28-20-11-15(3)34-29-20/h9-12,14,17,21-24H,4-8,13H2,1-3H3,(H,31,32)(H2,27,28,29,33). The molecule has 1 aromatic carbocycles. The Morgan fingerprint density at radius 1 is 1.15 bits per heavy atom. The molecule has 1 aromatic heterocycles. The largest absolute Gasteiger partial charge is 0.481 e. The van der Waals surface area contributed by atoms with Gasteiger partial charge in [-0.2, -0.15) is 0 Å². The fourth-order valence-electron chi connectivity index (χ4n) is 5.83. The summed E-state index contributed by atoms with van der Waals surface area (Å²) in [5.74, 6) is 1.36. The van der Waals surface area contributed by atoms with E-state index in [0.29, 0.717) is 23.5 Å². The number of amides is 2. The second-order valence-electron chi connectivity index (χ2n) is 10.6. The van der Waals surface area contributed by atoms with Gasteiger partial charge in [-0.05, 0) is 61.1 Å². The summed E-state index contributed by atoms with van der Waals surface area (Å²) in [7, 11) is 0. The lowest BCUT2D eigenvalue weighted by Crippen LogP contribution is -2.40. The molecule has 0 aliphatic heterocycles. The lowest BCUT2D eigenvalue weighted by Gasteiger charge is -2.38. The van der Waals surface area contributed by atoms with Crippen molar-refractivity contribution in [1.82, 2.24) is 5.16 Å². The minimum atomic E-state index is -0.691. The van der Waals surface area contributed by atoms with E-state index < -0.39 is 5.97 Å². The summed E-state index contributed by atoms with van der Waals surface area (Å²) in [6.07, 6.45) is 6.06. The zero-order chi connectivity index (χ0) is 24.0. The predicted octanol–water partition coefficient (Wildman–Crippen LogP) is 5.47. The highest BCUT2D eigenvalue weighted by molar-refractivity contribution is 6.01. The van der Waals surface area contributed by atoms with E-state index in [-0.39, 0.29) is 29.7 Å². The van der Waals surface area contributed by atoms with Crippen molar-refractivity contribution in [3.05, 3.63) is 35.6 Å². The number of carbonyl (C=O) groups excluding carboxylic acids is 1. The van der Waals surface area contributed by atoms with Gasteiger partial charge in [0.25, 0.3) is 0 Å². The quantitative estimate of drug-likeness (QED) is 0.476. The Balaban J connectivity index is 1.41. The Kier molecular flexibility index (Phi) is 6.00. The van der Waals surface area contributed by atoms with E-state index in [1.54, 1.807) is 13.0 Å². The number of aromatic nitrogens is 1. The summed E-state index contributed by atoms with van der Waals surface area (Å²) >= 11 is 0. The third-order valence-electron chi connectivity index (χ3n) is 7.52. The Labute approximate surface area is 200 Å². The molecule has 2 amide bonds. The highest BCUT2D eigenvalue weighted by atomic mass is 16.5. The number of hydrogen-bond acceptors (Lipinski definition) is 5. The van der Waals surface area contributed by atoms with Gasteiger partial charge in [-0.1, -0.05) is 44.3 Å². The molecule has 3 saturated carbocycles. The molecule has 5 rings (SSSR count). The van der Waals surface area contributed by atoms with E-state index in [9.17, 15) is 14.7 Å². The van der Waals surface area contributed by atoms with Crippen LogP contribution in [-0.2, 0) is 4.79 Å². The molecule has 3 fully saturated rings. The number of benzene rings is 1. The number of rotatable bonds is 8. The number of aryl methyl sites for hydroxylation is 1. The van der Waals surface area contributed by atoms with Crippen molar-refractivity contribution >= 4 is 29.2 Å². The van der Waals surface area contributed by atoms with Gasteiger partial charge in [0, 0.05) is 18.7 Å². The maximum atomic E-state index is 12.9. The first-order valence-electron chi connectivity index (χ1n) is 12.5. The minimum absolute atomic E-state index is 0.195. The molecule has 8 nitrogen and oxygen atoms in total. The molecule has 3 aliphatic rings. The monoisotopic (exact) mass is 466 g/mol. The van der Waals surface area contributed by atoms with Crippen molar-refractivity contribution in [1.29, 1.82) is 0 Å². The average Bonchev–Trinajstić information content (AvgIpc) is 3.66. The lowest BCUT2D eigenvalue weighted by atomic mass is 9.92. The number of hydrogen-bond donors (Lipinski definition) is 3. The van der Waals surface area contributed by atoms with Crippen molar-refractivity contribution < 1.29 is 19.2 Å². The third-order valence-corrected chi connectivity index (χ3v) is 7.52. The van der Waals surface area contributed by atoms with Gasteiger partial charge in [-0.3, -0.25) is 10.1 Å². The van der Waals surface area contributed by atoms with Gasteiger partial charge >= 0.3 is 12.0 Å². The third kappa shape index (κ3) is 4.50. The number of carboxylic acids is 1. The summed E-state index contributed by atoms with van der Waals surface area (Å²) in [4.78, 5) is 26.6. The van der Waals surface area contributed by atoms with E-state index in [1.807, 2.05) is 0 Å². The highest BCUT2D eigenvalue weighted by Gasteiger charge is 2.76. The van der Waals surface area contributed by atoms with E-state index in [1.165, 1.54) is 19.3 Å². The first kappa shape index (κ1) is 22.7. The van der Waals surface area contributed by atoms with Crippen LogP contribution in [0.25, 0.3) is 0 Å². The van der Waals surface area contributed by atoms with Crippen LogP contribution in [0.2, 0.25) is 0 Å². The van der Waals surface area contributed by atoms with Crippen molar-refractivity contribution in [2.24, 2.45) is 23.7 Å². The smallest absolute Gasteiger partial charge is 0.325 e. The summed E-state index contributed by atoms with van der Waals surface area (Å²) in [6, 6.07) is 8.06. The van der Waals surface area contributed by atoms with Crippen molar-refractivity contribution in [2.45, 2.75) is 64.8 Å². The van der Waals surface area contributed by atoms with E-state index in [0.717, 1.165) is 36.3 Å². The number of carboxylic acid groups (broad SMARTS) is 1. The molecule has 34 heavy (non-hydrogen) atoms. The van der Waals surface area contributed by atoms with Gasteiger partial charge < -0.3 is 19.8 Å². The average molecular weight is 467 g/mol. The van der Waals surface area contributed by atoms with Crippen LogP contribution in [-0.4, -0.2) is 34.9 Å². The first-order valence-corrected chi connectivity index (χ1v) is 12.5. The topological polar surface area (TPSA) is 108 Å². The Morgan fingerprint density at radius 2 is 1.88 bits per heavy atom. The van der Waals surface area contributed by atoms with Crippen LogP contribution < -0.4 is 15.5 Å². The summed E-state index contributed by atoms with van der Waals surface area (Å²) in [6.45, 7) is 7.14. The second-order valence-corrected chi connectivity index (χ2v) is 10.6. The number of anilines is 3. The molecule has 3 N–H and O–H groups in total. The fraction of sp³-hybridized carbons (Fsp3) is 0.577. The molecule has 3 aliphatic carbocycles. The maximum absolute atomic E-state index is 12.9. The number of fused-ring (bicyclic) bond motifs is 1. The molecule has 0 spiro atoms. The molecule has 1 heterocycles. The van der Waals surface area contributed by atoms with Crippen LogP contribution in [0.15, 0.2) is 28.8 Å². The fourth-order valence-corrected chi connectivity index (χ4v) is 5.83. The molecule has 2 aromatic rings. The van der Waals surface area contributed by atoms with Crippen LogP contribution >= 0.6 is 0 Å². The van der Waals surface area contributed by atoms with Gasteiger partial charge in [0.1, 0.15) is 5.76 Å². The van der Waals surface area contributed by atoms with Gasteiger partial charge in [0.2, 0.25) is 0 Å². The molecule has 2 unspecified atom stereocenters. The summed E-state index contributed by atoms with van der Waals surface area (Å²) in [5.41, 5.74) is 2.90. The number of nitrogens with one attached hydrogen (secondary N) is 2. The normalized spacial score (nSPS) is 25.5. The van der Waals surface area contributed by atoms with Crippen molar-refractivity contribution in [3.8, 4) is 0 Å². The number of nitrogens with zero attached hydrogens (tertiary/aromatic N) is 2. The number of carbonyl (C=O) groups is 2. The Morgan fingerprint density at radius 3 is 2.50 bits per heavy atom. The van der Waals surface area contributed by atoms with E-state index >= 15 is 0 Å². The Hall–Kier alpha value is -3.03. The number of aliphatic carboxylic acids is 1. The van der Waals surface area contributed by atoms with Crippen LogP contribution in [0.3, 0.4) is 0 Å². The van der Waals surface area contributed by atoms with Crippen molar-refractivity contribution in [2.75, 3.05) is 22.1 Å². The second kappa shape index (κ2) is 8.96. The number of urea groups is 1. The molecule has 0 radical (unpaired) electrons.